The fourth-order valence-corrected chi connectivity index (χ4v) is 14.1. The van der Waals surface area contributed by atoms with E-state index in [0.717, 1.165) is 72.3 Å². The molecule has 0 radical (unpaired) electrons. The minimum Gasteiger partial charge on any atom is -0.510 e. The Labute approximate surface area is 496 Å². The summed E-state index contributed by atoms with van der Waals surface area (Å²) in [5.74, 6) is 2.00. The molecule has 11 aromatic carbocycles. The monoisotopic (exact) mass is 1240 g/mol. The van der Waals surface area contributed by atoms with Crippen LogP contribution >= 0.6 is 0 Å². The third-order valence-corrected chi connectivity index (χ3v) is 17.6. The summed E-state index contributed by atoms with van der Waals surface area (Å²) in [7, 11) is 0. The number of hydrogen-bond acceptors (Lipinski definition) is 2. The smallest absolute Gasteiger partial charge is 0.268 e. The number of benzene rings is 11. The third-order valence-electron chi connectivity index (χ3n) is 17.6. The summed E-state index contributed by atoms with van der Waals surface area (Å²) in [5.41, 5.74) is 26.3. The molecule has 0 fully saturated rings. The van der Waals surface area contributed by atoms with E-state index < -0.39 is 5.41 Å². The molecule has 3 aromatic heterocycles. The van der Waals surface area contributed by atoms with Crippen molar-refractivity contribution in [1.82, 2.24) is 14.1 Å². The van der Waals surface area contributed by atoms with Gasteiger partial charge in [-0.25, -0.2) is 4.98 Å². The van der Waals surface area contributed by atoms with Gasteiger partial charge in [0.05, 0.1) is 22.1 Å². The van der Waals surface area contributed by atoms with E-state index >= 15 is 0 Å². The summed E-state index contributed by atoms with van der Waals surface area (Å²) in [6.07, 6.45) is 5.79. The molecule has 0 saturated heterocycles. The normalized spacial score (nSPS) is 13.0. The van der Waals surface area contributed by atoms with E-state index in [0.29, 0.717) is 11.5 Å². The Morgan fingerprint density at radius 1 is 0.458 bits per heavy atom. The molecule has 0 amide bonds. The standard InChI is InChI=1S/C77H50N4O.Pt/c1-76(2,3)49-41-42-78-73(44-49)81-70-35-15-10-25-59(70)61-40-38-52(46-72(61)81)82-51-20-16-19-50(45-51)79-47-80-69-34-14-9-26-60(69)63-29-17-28-53(74(63)62-27-5-4-21-54(62)64-30-18-36-71(79)75(64)80)48-37-39-58-57-24-8-13-33-67(57)77(68(58)43-48)65-31-11-6-22-55(65)56-23-7-12-32-66(56)77;/h4-44H,1-3H3;/q-2;. The molecular formula is C77H50N4OPt-2. The Morgan fingerprint density at radius 2 is 1.05 bits per heavy atom. The number of hydrogen-bond donors (Lipinski definition) is 0. The molecule has 2 aliphatic carbocycles. The Hall–Kier alpha value is -9.67. The molecule has 0 N–H and O–H groups in total. The molecule has 3 aliphatic rings. The second-order valence-corrected chi connectivity index (χ2v) is 23.0. The van der Waals surface area contributed by atoms with E-state index in [1.807, 2.05) is 24.4 Å². The summed E-state index contributed by atoms with van der Waals surface area (Å²) in [5, 5.41) is 2.21. The zero-order valence-electron chi connectivity index (χ0n) is 45.7. The summed E-state index contributed by atoms with van der Waals surface area (Å²) >= 11 is 0. The van der Waals surface area contributed by atoms with Crippen LogP contribution in [0.4, 0.5) is 0 Å². The number of fused-ring (bicyclic) bond motifs is 20. The van der Waals surface area contributed by atoms with Crippen molar-refractivity contribution in [3.63, 3.8) is 0 Å². The van der Waals surface area contributed by atoms with Gasteiger partial charge in [0.15, 0.2) is 0 Å². The molecule has 1 aliphatic heterocycles. The van der Waals surface area contributed by atoms with Gasteiger partial charge in [-0.05, 0) is 141 Å². The molecule has 5 nitrogen and oxygen atoms in total. The van der Waals surface area contributed by atoms with Crippen LogP contribution in [0.1, 0.15) is 48.6 Å². The van der Waals surface area contributed by atoms with Gasteiger partial charge in [0.1, 0.15) is 5.82 Å². The van der Waals surface area contributed by atoms with Gasteiger partial charge in [-0.2, -0.15) is 18.2 Å². The van der Waals surface area contributed by atoms with Crippen molar-refractivity contribution in [2.45, 2.75) is 31.6 Å². The predicted octanol–water partition coefficient (Wildman–Crippen LogP) is 18.2. The SMILES string of the molecule is CC(C)(C)c1ccnc(-n2c3[c-]c(Oc4[c-]c(-n5[c-][n+]6c7c(cccc75)-c5ccccc5-c5c(-c7ccc8c(c7)C7(c9ccccc9-c9ccccc97)c7ccccc7-8)cccc5-c5ccccc5-6)ccc4)ccc3c3ccccc32)c1.[Pt]. The molecule has 17 rings (SSSR count). The Bertz CT molecular complexity index is 4970. The van der Waals surface area contributed by atoms with E-state index in [2.05, 4.69) is 277 Å². The molecule has 6 heteroatoms. The van der Waals surface area contributed by atoms with E-state index in [1.165, 1.54) is 72.3 Å². The zero-order valence-corrected chi connectivity index (χ0v) is 48.0. The first-order chi connectivity index (χ1) is 40.3. The van der Waals surface area contributed by atoms with Gasteiger partial charge in [-0.1, -0.05) is 208 Å². The molecule has 4 heterocycles. The summed E-state index contributed by atoms with van der Waals surface area (Å²) in [4.78, 5) is 4.90. The number of nitrogens with zero attached hydrogens (tertiary/aromatic N) is 4. The number of pyridine rings is 1. The second kappa shape index (κ2) is 18.4. The van der Waals surface area contributed by atoms with Crippen molar-refractivity contribution in [3.05, 3.63) is 295 Å². The number of imidazole rings is 1. The van der Waals surface area contributed by atoms with Crippen LogP contribution in [0.15, 0.2) is 249 Å². The van der Waals surface area contributed by atoms with Crippen LogP contribution in [0, 0.1) is 18.5 Å². The van der Waals surface area contributed by atoms with Crippen LogP contribution in [-0.4, -0.2) is 14.1 Å². The first-order valence-corrected chi connectivity index (χ1v) is 28.2. The number of rotatable bonds is 5. The Kier molecular flexibility index (Phi) is 10.9. The van der Waals surface area contributed by atoms with Crippen LogP contribution in [0.2, 0.25) is 0 Å². The van der Waals surface area contributed by atoms with Gasteiger partial charge in [0.2, 0.25) is 0 Å². The summed E-state index contributed by atoms with van der Waals surface area (Å²) in [6, 6.07) is 95.9. The molecule has 0 bridgehead atoms. The first kappa shape index (κ1) is 49.2. The van der Waals surface area contributed by atoms with Crippen LogP contribution < -0.4 is 9.30 Å². The molecule has 14 aromatic rings. The maximum atomic E-state index is 6.76. The number of para-hydroxylation sites is 3. The number of aromatic nitrogens is 4. The second-order valence-electron chi connectivity index (χ2n) is 23.0. The topological polar surface area (TPSA) is 35.9 Å². The Balaban J connectivity index is 0.00000565. The fourth-order valence-electron chi connectivity index (χ4n) is 14.1. The van der Waals surface area contributed by atoms with E-state index in [9.17, 15) is 0 Å². The first-order valence-electron chi connectivity index (χ1n) is 28.2. The van der Waals surface area contributed by atoms with E-state index in [-0.39, 0.29) is 26.5 Å². The minimum atomic E-state index is -0.458. The van der Waals surface area contributed by atoms with Gasteiger partial charge in [0, 0.05) is 44.3 Å². The predicted molar refractivity (Wildman–Crippen MR) is 330 cm³/mol. The van der Waals surface area contributed by atoms with Crippen molar-refractivity contribution >= 4 is 32.8 Å². The third kappa shape index (κ3) is 7.11. The maximum absolute atomic E-state index is 6.76. The van der Waals surface area contributed by atoms with E-state index in [1.54, 1.807) is 0 Å². The maximum Gasteiger partial charge on any atom is 0.268 e. The van der Waals surface area contributed by atoms with Crippen molar-refractivity contribution < 1.29 is 30.4 Å². The van der Waals surface area contributed by atoms with Crippen molar-refractivity contribution in [2.24, 2.45) is 0 Å². The summed E-state index contributed by atoms with van der Waals surface area (Å²) in [6.45, 7) is 6.69. The van der Waals surface area contributed by atoms with Crippen LogP contribution in [-0.2, 0) is 31.9 Å². The molecule has 83 heavy (non-hydrogen) atoms. The average molecular weight is 1240 g/mol. The molecular weight excluding hydrogens is 1190 g/mol. The van der Waals surface area contributed by atoms with E-state index in [4.69, 9.17) is 9.72 Å². The van der Waals surface area contributed by atoms with Crippen LogP contribution in [0.25, 0.3) is 117 Å². The van der Waals surface area contributed by atoms with Crippen molar-refractivity contribution in [1.29, 1.82) is 0 Å². The fraction of sp³-hybridized carbons (Fsp3) is 0.0649. The van der Waals surface area contributed by atoms with Gasteiger partial charge < -0.3 is 13.9 Å². The number of ether oxygens (including phenoxy) is 1. The summed E-state index contributed by atoms with van der Waals surface area (Å²) < 4.78 is 13.3. The Morgan fingerprint density at radius 3 is 1.81 bits per heavy atom. The van der Waals surface area contributed by atoms with Crippen LogP contribution in [0.3, 0.4) is 0 Å². The van der Waals surface area contributed by atoms with Gasteiger partial charge in [-0.3, -0.25) is 4.57 Å². The molecule has 396 valence electrons. The molecule has 0 atom stereocenters. The molecule has 0 saturated carbocycles. The van der Waals surface area contributed by atoms with Gasteiger partial charge in [-0.15, -0.1) is 29.7 Å². The van der Waals surface area contributed by atoms with Gasteiger partial charge >= 0.3 is 0 Å². The minimum absolute atomic E-state index is 0. The van der Waals surface area contributed by atoms with Crippen molar-refractivity contribution in [2.75, 3.05) is 0 Å². The average Bonchev–Trinajstić information content (AvgIpc) is 2.07. The van der Waals surface area contributed by atoms with Gasteiger partial charge in [0.25, 0.3) is 6.33 Å². The molecule has 1 spiro atoms. The van der Waals surface area contributed by atoms with Crippen LogP contribution in [0.5, 0.6) is 11.5 Å². The van der Waals surface area contributed by atoms with Crippen molar-refractivity contribution in [3.8, 4) is 95.5 Å². The quantitative estimate of drug-likeness (QED) is 0.127. The largest absolute Gasteiger partial charge is 0.510 e. The molecule has 0 unspecified atom stereocenters. The zero-order chi connectivity index (χ0) is 54.4.